The Bertz CT molecular complexity index is 580. The number of amides is 3. The van der Waals surface area contributed by atoms with Gasteiger partial charge >= 0.3 is 6.03 Å². The van der Waals surface area contributed by atoms with Crippen LogP contribution in [0.15, 0.2) is 24.3 Å². The summed E-state index contributed by atoms with van der Waals surface area (Å²) < 4.78 is 5.33. The van der Waals surface area contributed by atoms with E-state index in [-0.39, 0.29) is 18.0 Å². The van der Waals surface area contributed by atoms with Gasteiger partial charge in [-0.3, -0.25) is 4.79 Å². The van der Waals surface area contributed by atoms with Gasteiger partial charge in [0.25, 0.3) is 0 Å². The number of carbonyl (C=O) groups is 2. The van der Waals surface area contributed by atoms with E-state index >= 15 is 0 Å². The Balaban J connectivity index is 1.86. The molecular weight excluding hydrogens is 320 g/mol. The first kappa shape index (κ1) is 19.2. The molecule has 7 heteroatoms. The molecule has 1 aliphatic rings. The second-order valence-electron chi connectivity index (χ2n) is 6.73. The van der Waals surface area contributed by atoms with Crippen molar-refractivity contribution in [1.82, 2.24) is 10.6 Å². The topological polar surface area (TPSA) is 105 Å². The Labute approximate surface area is 148 Å². The number of anilines is 1. The van der Waals surface area contributed by atoms with Gasteiger partial charge < -0.3 is 26.4 Å². The molecule has 1 saturated heterocycles. The lowest BCUT2D eigenvalue weighted by Gasteiger charge is -2.34. The third kappa shape index (κ3) is 5.44. The monoisotopic (exact) mass is 348 g/mol. The molecule has 7 nitrogen and oxygen atoms in total. The average Bonchev–Trinajstić information content (AvgIpc) is 2.60. The van der Waals surface area contributed by atoms with Gasteiger partial charge in [-0.1, -0.05) is 12.1 Å². The van der Waals surface area contributed by atoms with Crippen LogP contribution in [0, 0.1) is 5.41 Å². The predicted molar refractivity (Wildman–Crippen MR) is 97.1 cm³/mol. The lowest BCUT2D eigenvalue weighted by Crippen LogP contribution is -2.48. The van der Waals surface area contributed by atoms with E-state index in [1.807, 2.05) is 38.1 Å². The summed E-state index contributed by atoms with van der Waals surface area (Å²) in [6, 6.07) is 7.23. The molecule has 2 rings (SSSR count). The van der Waals surface area contributed by atoms with Crippen molar-refractivity contribution in [3.8, 4) is 0 Å². The van der Waals surface area contributed by atoms with Gasteiger partial charge in [-0.15, -0.1) is 0 Å². The Morgan fingerprint density at radius 2 is 1.84 bits per heavy atom. The van der Waals surface area contributed by atoms with Crippen LogP contribution in [0.4, 0.5) is 10.5 Å². The quantitative estimate of drug-likeness (QED) is 0.626. The van der Waals surface area contributed by atoms with Gasteiger partial charge in [0.1, 0.15) is 0 Å². The summed E-state index contributed by atoms with van der Waals surface area (Å²) >= 11 is 0. The zero-order chi connectivity index (χ0) is 18.3. The normalized spacial score (nSPS) is 16.3. The van der Waals surface area contributed by atoms with E-state index in [1.54, 1.807) is 0 Å². The maximum Gasteiger partial charge on any atom is 0.319 e. The number of hydrogen-bond acceptors (Lipinski definition) is 4. The highest BCUT2D eigenvalue weighted by Gasteiger charge is 2.38. The maximum atomic E-state index is 12.5. The molecule has 0 spiro atoms. The largest absolute Gasteiger partial charge is 0.381 e. The fourth-order valence-corrected chi connectivity index (χ4v) is 2.79. The number of ether oxygens (including phenoxy) is 1. The standard InChI is InChI=1S/C18H28N4O3/c1-13(2)21-17(24)22-15-5-3-14(4-6-15)11-20-16(23)18(12-19)7-9-25-10-8-18/h3-6,13H,7-12,19H2,1-2H3,(H,20,23)(H2,21,22,24). The molecule has 1 aliphatic heterocycles. The van der Waals surface area contributed by atoms with Crippen LogP contribution in [0.25, 0.3) is 0 Å². The number of nitrogens with two attached hydrogens (primary N) is 1. The average molecular weight is 348 g/mol. The third-order valence-corrected chi connectivity index (χ3v) is 4.41. The second-order valence-corrected chi connectivity index (χ2v) is 6.73. The molecular formula is C18H28N4O3. The first-order valence-corrected chi connectivity index (χ1v) is 8.68. The minimum Gasteiger partial charge on any atom is -0.381 e. The molecule has 5 N–H and O–H groups in total. The van der Waals surface area contributed by atoms with Crippen molar-refractivity contribution in [2.24, 2.45) is 11.1 Å². The molecule has 25 heavy (non-hydrogen) atoms. The highest BCUT2D eigenvalue weighted by atomic mass is 16.5. The second kappa shape index (κ2) is 8.82. The molecule has 0 unspecified atom stereocenters. The summed E-state index contributed by atoms with van der Waals surface area (Å²) in [5.74, 6) is -0.0168. The smallest absolute Gasteiger partial charge is 0.319 e. The Morgan fingerprint density at radius 3 is 2.40 bits per heavy atom. The minimum absolute atomic E-state index is 0.0168. The van der Waals surface area contributed by atoms with E-state index in [2.05, 4.69) is 16.0 Å². The van der Waals surface area contributed by atoms with E-state index in [0.717, 1.165) is 5.56 Å². The van der Waals surface area contributed by atoms with Gasteiger partial charge in [-0.05, 0) is 44.4 Å². The van der Waals surface area contributed by atoms with Crippen molar-refractivity contribution in [1.29, 1.82) is 0 Å². The van der Waals surface area contributed by atoms with Crippen LogP contribution in [0.2, 0.25) is 0 Å². The number of benzene rings is 1. The van der Waals surface area contributed by atoms with Gasteiger partial charge in [0, 0.05) is 38.0 Å². The molecule has 3 amide bonds. The fraction of sp³-hybridized carbons (Fsp3) is 0.556. The van der Waals surface area contributed by atoms with Gasteiger partial charge in [0.05, 0.1) is 5.41 Å². The first-order valence-electron chi connectivity index (χ1n) is 8.68. The van der Waals surface area contributed by atoms with Crippen LogP contribution < -0.4 is 21.7 Å². The van der Waals surface area contributed by atoms with Crippen LogP contribution in [-0.4, -0.2) is 37.7 Å². The fourth-order valence-electron chi connectivity index (χ4n) is 2.79. The molecule has 0 saturated carbocycles. The van der Waals surface area contributed by atoms with Crippen LogP contribution in [-0.2, 0) is 16.1 Å². The van der Waals surface area contributed by atoms with E-state index in [1.165, 1.54) is 0 Å². The van der Waals surface area contributed by atoms with Gasteiger partial charge in [-0.2, -0.15) is 0 Å². The van der Waals surface area contributed by atoms with Crippen molar-refractivity contribution in [2.75, 3.05) is 25.1 Å². The van der Waals surface area contributed by atoms with Crippen molar-refractivity contribution in [3.63, 3.8) is 0 Å². The highest BCUT2D eigenvalue weighted by Crippen LogP contribution is 2.29. The lowest BCUT2D eigenvalue weighted by molar-refractivity contribution is -0.136. The van der Waals surface area contributed by atoms with Gasteiger partial charge in [0.15, 0.2) is 0 Å². The molecule has 138 valence electrons. The van der Waals surface area contributed by atoms with Gasteiger partial charge in [-0.25, -0.2) is 4.79 Å². The predicted octanol–water partition coefficient (Wildman–Crippen LogP) is 1.59. The van der Waals surface area contributed by atoms with E-state index in [4.69, 9.17) is 10.5 Å². The maximum absolute atomic E-state index is 12.5. The molecule has 1 aromatic rings. The molecule has 0 atom stereocenters. The molecule has 0 bridgehead atoms. The first-order chi connectivity index (χ1) is 11.9. The zero-order valence-electron chi connectivity index (χ0n) is 14.9. The van der Waals surface area contributed by atoms with Crippen molar-refractivity contribution in [3.05, 3.63) is 29.8 Å². The number of carbonyl (C=O) groups excluding carboxylic acids is 2. The minimum atomic E-state index is -0.519. The Morgan fingerprint density at radius 1 is 1.20 bits per heavy atom. The number of nitrogens with one attached hydrogen (secondary N) is 3. The molecule has 0 aliphatic carbocycles. The molecule has 1 heterocycles. The Hall–Kier alpha value is -2.12. The van der Waals surface area contributed by atoms with Crippen LogP contribution in [0.5, 0.6) is 0 Å². The third-order valence-electron chi connectivity index (χ3n) is 4.41. The van der Waals surface area contributed by atoms with E-state index < -0.39 is 5.41 Å². The van der Waals surface area contributed by atoms with Crippen molar-refractivity contribution < 1.29 is 14.3 Å². The van der Waals surface area contributed by atoms with Gasteiger partial charge in [0.2, 0.25) is 5.91 Å². The van der Waals surface area contributed by atoms with E-state index in [9.17, 15) is 9.59 Å². The molecule has 1 aromatic carbocycles. The summed E-state index contributed by atoms with van der Waals surface area (Å²) in [5, 5.41) is 8.50. The molecule has 1 fully saturated rings. The van der Waals surface area contributed by atoms with E-state index in [0.29, 0.717) is 44.8 Å². The summed E-state index contributed by atoms with van der Waals surface area (Å²) in [6.45, 7) is 5.71. The number of rotatable bonds is 6. The van der Waals surface area contributed by atoms with Crippen LogP contribution in [0.1, 0.15) is 32.3 Å². The van der Waals surface area contributed by atoms with Crippen LogP contribution >= 0.6 is 0 Å². The summed E-state index contributed by atoms with van der Waals surface area (Å²) in [4.78, 5) is 24.2. The summed E-state index contributed by atoms with van der Waals surface area (Å²) in [6.07, 6.45) is 1.31. The summed E-state index contributed by atoms with van der Waals surface area (Å²) in [5.41, 5.74) is 6.99. The highest BCUT2D eigenvalue weighted by molar-refractivity contribution is 5.89. The number of urea groups is 1. The van der Waals surface area contributed by atoms with Crippen LogP contribution in [0.3, 0.4) is 0 Å². The SMILES string of the molecule is CC(C)NC(=O)Nc1ccc(CNC(=O)C2(CN)CCOCC2)cc1. The number of hydrogen-bond donors (Lipinski definition) is 4. The Kier molecular flexibility index (Phi) is 6.78. The van der Waals surface area contributed by atoms with Crippen molar-refractivity contribution in [2.45, 2.75) is 39.3 Å². The van der Waals surface area contributed by atoms with Crippen molar-refractivity contribution >= 4 is 17.6 Å². The zero-order valence-corrected chi connectivity index (χ0v) is 14.9. The summed E-state index contributed by atoms with van der Waals surface area (Å²) in [7, 11) is 0. The molecule has 0 radical (unpaired) electrons. The molecule has 0 aromatic heterocycles. The lowest BCUT2D eigenvalue weighted by atomic mass is 9.79.